The van der Waals surface area contributed by atoms with E-state index in [0.29, 0.717) is 16.9 Å². The lowest BCUT2D eigenvalue weighted by Crippen LogP contribution is -2.25. The average Bonchev–Trinajstić information content (AvgIpc) is 2.90. The quantitative estimate of drug-likeness (QED) is 0.551. The van der Waals surface area contributed by atoms with E-state index in [1.165, 1.54) is 25.5 Å². The minimum absolute atomic E-state index is 0.00285. The van der Waals surface area contributed by atoms with Crippen LogP contribution in [-0.2, 0) is 0 Å². The summed E-state index contributed by atoms with van der Waals surface area (Å²) in [6.07, 6.45) is 2.81. The molecule has 0 radical (unpaired) electrons. The summed E-state index contributed by atoms with van der Waals surface area (Å²) in [5.41, 5.74) is 6.63. The third kappa shape index (κ3) is 2.66. The van der Waals surface area contributed by atoms with Crippen LogP contribution in [0.5, 0.6) is 0 Å². The van der Waals surface area contributed by atoms with Crippen LogP contribution in [0.2, 0.25) is 0 Å². The Hall–Kier alpha value is -3.10. The number of nitrogen functional groups attached to an aromatic ring is 1. The summed E-state index contributed by atoms with van der Waals surface area (Å²) in [6.45, 7) is 0. The van der Waals surface area contributed by atoms with Crippen LogP contribution < -0.4 is 16.4 Å². The molecule has 0 bridgehead atoms. The third-order valence-corrected chi connectivity index (χ3v) is 2.47. The molecule has 0 aliphatic carbocycles. The van der Waals surface area contributed by atoms with Crippen molar-refractivity contribution in [3.8, 4) is 11.3 Å². The second kappa shape index (κ2) is 5.26. The first-order chi connectivity index (χ1) is 9.51. The predicted octanol–water partition coefficient (Wildman–Crippen LogP) is 0.503. The van der Waals surface area contributed by atoms with E-state index >= 15 is 0 Å². The number of urea groups is 1. The maximum atomic E-state index is 11.4. The molecule has 0 spiro atoms. The Labute approximate surface area is 113 Å². The van der Waals surface area contributed by atoms with Gasteiger partial charge in [-0.3, -0.25) is 0 Å². The summed E-state index contributed by atoms with van der Waals surface area (Å²) in [7, 11) is 1.46. The molecule has 0 fully saturated rings. The number of amides is 2. The predicted molar refractivity (Wildman–Crippen MR) is 71.3 cm³/mol. The number of aromatic carboxylic acids is 1. The smallest absolute Gasteiger partial charge is 0.352 e. The van der Waals surface area contributed by atoms with Crippen LogP contribution in [-0.4, -0.2) is 39.1 Å². The third-order valence-electron chi connectivity index (χ3n) is 2.47. The maximum Gasteiger partial charge on any atom is 0.352 e. The summed E-state index contributed by atoms with van der Waals surface area (Å²) < 4.78 is 0. The van der Waals surface area contributed by atoms with E-state index < -0.39 is 12.0 Å². The zero-order valence-corrected chi connectivity index (χ0v) is 10.5. The van der Waals surface area contributed by atoms with E-state index in [1.807, 2.05) is 0 Å². The fraction of sp³-hybridized carbons (Fsp3) is 0.0909. The van der Waals surface area contributed by atoms with Crippen LogP contribution in [0.1, 0.15) is 10.5 Å². The number of nitrogens with zero attached hydrogens (tertiary/aromatic N) is 2. The van der Waals surface area contributed by atoms with Crippen LogP contribution in [0.3, 0.4) is 0 Å². The van der Waals surface area contributed by atoms with Gasteiger partial charge in [-0.25, -0.2) is 19.6 Å². The van der Waals surface area contributed by atoms with E-state index in [1.54, 1.807) is 0 Å². The van der Waals surface area contributed by atoms with E-state index in [9.17, 15) is 9.59 Å². The normalized spacial score (nSPS) is 10.1. The molecule has 2 rings (SSSR count). The molecule has 0 aromatic carbocycles. The first-order valence-electron chi connectivity index (χ1n) is 5.54. The van der Waals surface area contributed by atoms with Gasteiger partial charge in [-0.2, -0.15) is 0 Å². The van der Waals surface area contributed by atoms with Crippen molar-refractivity contribution in [1.82, 2.24) is 20.3 Å². The van der Waals surface area contributed by atoms with Crippen molar-refractivity contribution in [3.63, 3.8) is 0 Å². The maximum absolute atomic E-state index is 11.4. The summed E-state index contributed by atoms with van der Waals surface area (Å²) in [5, 5.41) is 13.8. The minimum atomic E-state index is -1.10. The molecule has 0 unspecified atom stereocenters. The highest BCUT2D eigenvalue weighted by Crippen LogP contribution is 2.26. The molecule has 9 nitrogen and oxygen atoms in total. The number of hydrogen-bond acceptors (Lipinski definition) is 5. The van der Waals surface area contributed by atoms with Gasteiger partial charge in [-0.15, -0.1) is 0 Å². The Morgan fingerprint density at radius 2 is 2.20 bits per heavy atom. The van der Waals surface area contributed by atoms with Crippen molar-refractivity contribution >= 4 is 23.6 Å². The molecule has 0 atom stereocenters. The second-order valence-electron chi connectivity index (χ2n) is 3.80. The van der Waals surface area contributed by atoms with Gasteiger partial charge in [-0.05, 0) is 6.07 Å². The number of aromatic amines is 1. The van der Waals surface area contributed by atoms with Crippen molar-refractivity contribution in [2.45, 2.75) is 0 Å². The standard InChI is InChI=1S/C11H12N6O3/c1-13-11(20)16-7-4-15-10(12)17-8(7)5-2-6(9(18)19)14-3-5/h2-4,14H,1H3,(H,18,19)(H2,12,15,17)(H2,13,16,20). The highest BCUT2D eigenvalue weighted by Gasteiger charge is 2.14. The van der Waals surface area contributed by atoms with Crippen molar-refractivity contribution in [1.29, 1.82) is 0 Å². The summed E-state index contributed by atoms with van der Waals surface area (Å²) in [4.78, 5) is 32.6. The summed E-state index contributed by atoms with van der Waals surface area (Å²) in [5.74, 6) is -1.08. The lowest BCUT2D eigenvalue weighted by Gasteiger charge is -2.08. The van der Waals surface area contributed by atoms with Gasteiger partial charge in [0, 0.05) is 18.8 Å². The molecule has 2 amide bonds. The fourth-order valence-corrected chi connectivity index (χ4v) is 1.55. The van der Waals surface area contributed by atoms with Gasteiger partial charge in [0.15, 0.2) is 0 Å². The highest BCUT2D eigenvalue weighted by atomic mass is 16.4. The summed E-state index contributed by atoms with van der Waals surface area (Å²) >= 11 is 0. The van der Waals surface area contributed by atoms with Gasteiger partial charge in [0.25, 0.3) is 0 Å². The van der Waals surface area contributed by atoms with Crippen molar-refractivity contribution in [2.75, 3.05) is 18.1 Å². The highest BCUT2D eigenvalue weighted by molar-refractivity contribution is 5.94. The van der Waals surface area contributed by atoms with Gasteiger partial charge < -0.3 is 26.5 Å². The number of nitrogens with two attached hydrogens (primary N) is 1. The van der Waals surface area contributed by atoms with Crippen LogP contribution in [0.4, 0.5) is 16.4 Å². The minimum Gasteiger partial charge on any atom is -0.477 e. The molecule has 6 N–H and O–H groups in total. The Kier molecular flexibility index (Phi) is 3.51. The first-order valence-corrected chi connectivity index (χ1v) is 5.54. The van der Waals surface area contributed by atoms with Crippen LogP contribution in [0, 0.1) is 0 Å². The molecule has 2 aromatic heterocycles. The lowest BCUT2D eigenvalue weighted by atomic mass is 10.2. The van der Waals surface area contributed by atoms with E-state index in [4.69, 9.17) is 10.8 Å². The zero-order valence-electron chi connectivity index (χ0n) is 10.5. The fourth-order valence-electron chi connectivity index (χ4n) is 1.55. The van der Waals surface area contributed by atoms with Crippen molar-refractivity contribution in [2.24, 2.45) is 0 Å². The van der Waals surface area contributed by atoms with Crippen LogP contribution in [0.25, 0.3) is 11.3 Å². The number of H-pyrrole nitrogens is 1. The molecule has 2 heterocycles. The van der Waals surface area contributed by atoms with Crippen molar-refractivity contribution in [3.05, 3.63) is 24.2 Å². The summed E-state index contributed by atoms with van der Waals surface area (Å²) in [6, 6.07) is 0.938. The topological polar surface area (TPSA) is 146 Å². The largest absolute Gasteiger partial charge is 0.477 e. The lowest BCUT2D eigenvalue weighted by molar-refractivity contribution is 0.0691. The molecular formula is C11H12N6O3. The molecule has 9 heteroatoms. The number of nitrogens with one attached hydrogen (secondary N) is 3. The monoisotopic (exact) mass is 276 g/mol. The van der Waals surface area contributed by atoms with E-state index in [-0.39, 0.29) is 11.6 Å². The molecular weight excluding hydrogens is 264 g/mol. The number of aromatic nitrogens is 3. The zero-order chi connectivity index (χ0) is 14.7. The molecule has 0 saturated heterocycles. The van der Waals surface area contributed by atoms with Gasteiger partial charge in [0.2, 0.25) is 5.95 Å². The number of carbonyl (C=O) groups is 2. The van der Waals surface area contributed by atoms with Gasteiger partial charge in [-0.1, -0.05) is 0 Å². The molecule has 0 saturated carbocycles. The van der Waals surface area contributed by atoms with Crippen LogP contribution >= 0.6 is 0 Å². The number of carbonyl (C=O) groups excluding carboxylic acids is 1. The number of hydrogen-bond donors (Lipinski definition) is 5. The van der Waals surface area contributed by atoms with Gasteiger partial charge >= 0.3 is 12.0 Å². The number of carboxylic acids is 1. The van der Waals surface area contributed by atoms with E-state index in [0.717, 1.165) is 0 Å². The first kappa shape index (κ1) is 13.3. The number of carboxylic acid groups (broad SMARTS) is 1. The molecule has 0 aliphatic heterocycles. The molecule has 20 heavy (non-hydrogen) atoms. The molecule has 2 aromatic rings. The Bertz CT molecular complexity index is 666. The Balaban J connectivity index is 2.44. The molecule has 0 aliphatic rings. The number of rotatable bonds is 3. The Morgan fingerprint density at radius 1 is 1.45 bits per heavy atom. The average molecular weight is 276 g/mol. The van der Waals surface area contributed by atoms with Crippen molar-refractivity contribution < 1.29 is 14.7 Å². The second-order valence-corrected chi connectivity index (χ2v) is 3.80. The van der Waals surface area contributed by atoms with E-state index in [2.05, 4.69) is 25.6 Å². The SMILES string of the molecule is CNC(=O)Nc1cnc(N)nc1-c1c[nH]c(C(=O)O)c1. The van der Waals surface area contributed by atoms with Crippen LogP contribution in [0.15, 0.2) is 18.5 Å². The Morgan fingerprint density at radius 3 is 2.80 bits per heavy atom. The number of anilines is 2. The van der Waals surface area contributed by atoms with Gasteiger partial charge in [0.05, 0.1) is 11.9 Å². The molecule has 104 valence electrons. The van der Waals surface area contributed by atoms with Gasteiger partial charge in [0.1, 0.15) is 11.4 Å².